The molecule has 1 amide bonds. The minimum absolute atomic E-state index is 0.0179. The number of hydrogen-bond acceptors (Lipinski definition) is 11. The number of aromatic nitrogens is 3. The molecule has 234 valence electrons. The standard InChI is InChI=1S/C31H36N4O7S2/c1-3-15-40-16-5-4-6-24(36)20-27-33-34-29(42-27)28(44(2,38)39)30-32-25-12-11-23(19-26(25)43-30)21-7-9-22(10-8-21)31(37)35-13-17-41-18-14-35/h7-12,19,28H,3-6,13-18,20H2,1-2H3. The van der Waals surface area contributed by atoms with Crippen molar-refractivity contribution in [3.8, 4) is 11.1 Å². The summed E-state index contributed by atoms with van der Waals surface area (Å²) in [6, 6.07) is 13.1. The molecule has 11 nitrogen and oxygen atoms in total. The fourth-order valence-electron chi connectivity index (χ4n) is 4.93. The Morgan fingerprint density at radius 1 is 1.02 bits per heavy atom. The first-order chi connectivity index (χ1) is 21.2. The molecule has 1 fully saturated rings. The lowest BCUT2D eigenvalue weighted by Gasteiger charge is -2.26. The molecule has 5 rings (SSSR count). The molecule has 0 aliphatic carbocycles. The SMILES string of the molecule is CCCOCCCCC(=O)Cc1nnc(C(c2nc3ccc(-c4ccc(C(=O)N5CCOCC5)cc4)cc3s2)S(C)(=O)=O)o1. The summed E-state index contributed by atoms with van der Waals surface area (Å²) in [5.74, 6) is -0.101. The summed E-state index contributed by atoms with van der Waals surface area (Å²) in [5.41, 5.74) is 3.08. The lowest BCUT2D eigenvalue weighted by Crippen LogP contribution is -2.40. The zero-order valence-electron chi connectivity index (χ0n) is 24.9. The summed E-state index contributed by atoms with van der Waals surface area (Å²) < 4.78 is 43.1. The largest absolute Gasteiger partial charge is 0.423 e. The van der Waals surface area contributed by atoms with Gasteiger partial charge in [0.1, 0.15) is 10.8 Å². The van der Waals surface area contributed by atoms with Gasteiger partial charge in [-0.25, -0.2) is 13.4 Å². The summed E-state index contributed by atoms with van der Waals surface area (Å²) >= 11 is 1.24. The molecule has 1 aliphatic rings. The van der Waals surface area contributed by atoms with Gasteiger partial charge in [-0.05, 0) is 54.7 Å². The Morgan fingerprint density at radius 3 is 2.50 bits per heavy atom. The van der Waals surface area contributed by atoms with E-state index in [0.717, 1.165) is 34.9 Å². The Balaban J connectivity index is 1.29. The van der Waals surface area contributed by atoms with Gasteiger partial charge < -0.3 is 18.8 Å². The van der Waals surface area contributed by atoms with Crippen molar-refractivity contribution in [2.75, 3.05) is 45.8 Å². The highest BCUT2D eigenvalue weighted by Gasteiger charge is 2.34. The van der Waals surface area contributed by atoms with Crippen LogP contribution in [0.3, 0.4) is 0 Å². The predicted octanol–water partition coefficient (Wildman–Crippen LogP) is 4.66. The van der Waals surface area contributed by atoms with Crippen molar-refractivity contribution in [2.45, 2.75) is 44.3 Å². The Morgan fingerprint density at radius 2 is 1.77 bits per heavy atom. The van der Waals surface area contributed by atoms with Gasteiger partial charge in [0.25, 0.3) is 5.91 Å². The van der Waals surface area contributed by atoms with E-state index in [-0.39, 0.29) is 29.9 Å². The third-order valence-corrected chi connectivity index (χ3v) is 9.73. The van der Waals surface area contributed by atoms with E-state index in [0.29, 0.717) is 68.4 Å². The number of Topliss-reactive ketones (excluding diaryl/α,β-unsaturated/α-hetero) is 1. The van der Waals surface area contributed by atoms with Crippen LogP contribution in [0.5, 0.6) is 0 Å². The van der Waals surface area contributed by atoms with Crippen molar-refractivity contribution in [1.29, 1.82) is 0 Å². The number of nitrogens with zero attached hydrogens (tertiary/aromatic N) is 4. The average Bonchev–Trinajstić information content (AvgIpc) is 3.64. The van der Waals surface area contributed by atoms with Crippen LogP contribution in [0.15, 0.2) is 46.9 Å². The number of morpholine rings is 1. The first kappa shape index (κ1) is 31.9. The Bertz CT molecular complexity index is 1690. The Kier molecular flexibility index (Phi) is 10.5. The maximum absolute atomic E-state index is 12.9. The number of unbranched alkanes of at least 4 members (excludes halogenated alkanes) is 1. The summed E-state index contributed by atoms with van der Waals surface area (Å²) in [6.45, 7) is 5.63. The smallest absolute Gasteiger partial charge is 0.254 e. The highest BCUT2D eigenvalue weighted by molar-refractivity contribution is 7.91. The molecule has 0 radical (unpaired) electrons. The fourth-order valence-corrected chi connectivity index (χ4v) is 7.46. The average molecular weight is 641 g/mol. The number of hydrogen-bond donors (Lipinski definition) is 0. The second-order valence-electron chi connectivity index (χ2n) is 10.7. The second-order valence-corrected chi connectivity index (χ2v) is 13.9. The molecule has 3 heterocycles. The third-order valence-electron chi connectivity index (χ3n) is 7.22. The molecule has 0 spiro atoms. The number of amides is 1. The molecule has 0 N–H and O–H groups in total. The van der Waals surface area contributed by atoms with Gasteiger partial charge in [-0.2, -0.15) is 0 Å². The van der Waals surface area contributed by atoms with Crippen LogP contribution in [0, 0.1) is 0 Å². The maximum atomic E-state index is 12.9. The number of fused-ring (bicyclic) bond motifs is 1. The van der Waals surface area contributed by atoms with E-state index < -0.39 is 15.1 Å². The van der Waals surface area contributed by atoms with E-state index in [1.54, 1.807) is 4.90 Å². The summed E-state index contributed by atoms with van der Waals surface area (Å²) in [5, 5.41) is 7.01. The van der Waals surface area contributed by atoms with Gasteiger partial charge in [-0.1, -0.05) is 25.1 Å². The zero-order chi connectivity index (χ0) is 31.1. The Hall–Kier alpha value is -3.52. The first-order valence-electron chi connectivity index (χ1n) is 14.7. The molecule has 1 aliphatic heterocycles. The van der Waals surface area contributed by atoms with Crippen LogP contribution < -0.4 is 0 Å². The van der Waals surface area contributed by atoms with Gasteiger partial charge in [0.2, 0.25) is 11.8 Å². The van der Waals surface area contributed by atoms with Gasteiger partial charge in [0.15, 0.2) is 15.1 Å². The van der Waals surface area contributed by atoms with Crippen LogP contribution in [-0.2, 0) is 30.5 Å². The minimum atomic E-state index is -3.73. The van der Waals surface area contributed by atoms with Crippen LogP contribution in [-0.4, -0.2) is 86.0 Å². The highest BCUT2D eigenvalue weighted by atomic mass is 32.2. The van der Waals surface area contributed by atoms with Crippen molar-refractivity contribution in [3.63, 3.8) is 0 Å². The van der Waals surface area contributed by atoms with E-state index >= 15 is 0 Å². The van der Waals surface area contributed by atoms with Crippen LogP contribution in [0.25, 0.3) is 21.3 Å². The fraction of sp³-hybridized carbons (Fsp3) is 0.452. The van der Waals surface area contributed by atoms with Gasteiger partial charge in [-0.15, -0.1) is 21.5 Å². The first-order valence-corrected chi connectivity index (χ1v) is 17.5. The number of sulfone groups is 1. The predicted molar refractivity (Wildman–Crippen MR) is 166 cm³/mol. The number of carbonyl (C=O) groups is 2. The maximum Gasteiger partial charge on any atom is 0.254 e. The van der Waals surface area contributed by atoms with Crippen LogP contribution in [0.2, 0.25) is 0 Å². The molecule has 1 saturated heterocycles. The molecule has 44 heavy (non-hydrogen) atoms. The van der Waals surface area contributed by atoms with E-state index in [1.807, 2.05) is 49.4 Å². The van der Waals surface area contributed by atoms with E-state index in [4.69, 9.17) is 13.9 Å². The molecule has 4 aromatic rings. The van der Waals surface area contributed by atoms with Gasteiger partial charge in [0.05, 0.1) is 29.9 Å². The van der Waals surface area contributed by atoms with Gasteiger partial charge in [0, 0.05) is 44.5 Å². The minimum Gasteiger partial charge on any atom is -0.423 e. The molecular formula is C31H36N4O7S2. The zero-order valence-corrected chi connectivity index (χ0v) is 26.5. The summed E-state index contributed by atoms with van der Waals surface area (Å²) in [4.78, 5) is 31.6. The van der Waals surface area contributed by atoms with E-state index in [1.165, 1.54) is 11.3 Å². The summed E-state index contributed by atoms with van der Waals surface area (Å²) in [7, 11) is -3.73. The number of benzene rings is 2. The molecule has 2 aromatic carbocycles. The third kappa shape index (κ3) is 7.95. The molecule has 1 atom stereocenters. The quantitative estimate of drug-likeness (QED) is 0.179. The van der Waals surface area contributed by atoms with Crippen molar-refractivity contribution in [1.82, 2.24) is 20.1 Å². The van der Waals surface area contributed by atoms with Crippen LogP contribution >= 0.6 is 11.3 Å². The van der Waals surface area contributed by atoms with Crippen molar-refractivity contribution >= 4 is 43.1 Å². The topological polar surface area (TPSA) is 142 Å². The molecule has 0 bridgehead atoms. The molecule has 13 heteroatoms. The highest BCUT2D eigenvalue weighted by Crippen LogP contribution is 2.36. The normalized spacial score (nSPS) is 14.6. The van der Waals surface area contributed by atoms with Crippen LogP contribution in [0.1, 0.15) is 65.0 Å². The molecular weight excluding hydrogens is 604 g/mol. The Labute approximate surface area is 260 Å². The van der Waals surface area contributed by atoms with Crippen molar-refractivity contribution < 1.29 is 31.9 Å². The summed E-state index contributed by atoms with van der Waals surface area (Å²) in [6.07, 6.45) is 3.84. The van der Waals surface area contributed by atoms with Crippen molar-refractivity contribution in [3.05, 3.63) is 64.8 Å². The van der Waals surface area contributed by atoms with Gasteiger partial charge in [-0.3, -0.25) is 9.59 Å². The lowest BCUT2D eigenvalue weighted by atomic mass is 10.0. The number of ether oxygens (including phenoxy) is 2. The monoisotopic (exact) mass is 640 g/mol. The number of thiazole rings is 1. The second kappa shape index (κ2) is 14.5. The van der Waals surface area contributed by atoms with Crippen molar-refractivity contribution in [2.24, 2.45) is 0 Å². The number of rotatable bonds is 14. The number of ketones is 1. The lowest BCUT2D eigenvalue weighted by molar-refractivity contribution is -0.118. The van der Waals surface area contributed by atoms with Gasteiger partial charge >= 0.3 is 0 Å². The molecule has 1 unspecified atom stereocenters. The van der Waals surface area contributed by atoms with E-state index in [2.05, 4.69) is 15.2 Å². The number of carbonyl (C=O) groups excluding carboxylic acids is 2. The van der Waals surface area contributed by atoms with Crippen LogP contribution in [0.4, 0.5) is 0 Å². The van der Waals surface area contributed by atoms with E-state index in [9.17, 15) is 18.0 Å². The molecule has 2 aromatic heterocycles. The molecule has 0 saturated carbocycles.